The molecule has 0 amide bonds. The lowest BCUT2D eigenvalue weighted by Crippen LogP contribution is -2.36. The van der Waals surface area contributed by atoms with Crippen molar-refractivity contribution in [3.8, 4) is 0 Å². The molecule has 1 unspecified atom stereocenters. The quantitative estimate of drug-likeness (QED) is 0.758. The molecule has 1 N–H and O–H groups in total. The minimum absolute atomic E-state index is 0.516. The van der Waals surface area contributed by atoms with E-state index >= 15 is 0 Å². The van der Waals surface area contributed by atoms with Crippen LogP contribution in [0.25, 0.3) is 10.9 Å². The summed E-state index contributed by atoms with van der Waals surface area (Å²) in [6, 6.07) is 19.6. The van der Waals surface area contributed by atoms with Crippen molar-refractivity contribution in [3.63, 3.8) is 0 Å². The molecule has 2 nitrogen and oxygen atoms in total. The molecule has 0 aliphatic carbocycles. The maximum Gasteiger partial charge on any atom is 0.0497 e. The monoisotopic (exact) mass is 310 g/mol. The number of halogens is 1. The lowest BCUT2D eigenvalue weighted by molar-refractivity contribution is 0.389. The number of benzene rings is 2. The van der Waals surface area contributed by atoms with Gasteiger partial charge >= 0.3 is 0 Å². The summed E-state index contributed by atoms with van der Waals surface area (Å²) in [5.74, 6) is 0. The molecule has 1 atom stereocenters. The van der Waals surface area contributed by atoms with Crippen LogP contribution in [0.5, 0.6) is 0 Å². The summed E-state index contributed by atoms with van der Waals surface area (Å²) in [5, 5.41) is 5.80. The van der Waals surface area contributed by atoms with E-state index in [1.807, 2.05) is 6.07 Å². The molecule has 0 saturated carbocycles. The summed E-state index contributed by atoms with van der Waals surface area (Å²) in [6.45, 7) is 1.95. The number of hydrogen-bond acceptors (Lipinski definition) is 1. The Bertz CT molecular complexity index is 792. The zero-order valence-electron chi connectivity index (χ0n) is 12.4. The molecular formula is C19H19ClN2. The van der Waals surface area contributed by atoms with Crippen molar-refractivity contribution < 1.29 is 0 Å². The second-order valence-corrected chi connectivity index (χ2v) is 6.49. The SMILES string of the molecule is Clc1ccc2cc3n(c2c1)CC(NCc1ccccc1)CC3. The predicted molar refractivity (Wildman–Crippen MR) is 92.3 cm³/mol. The first-order valence-corrected chi connectivity index (χ1v) is 8.22. The van der Waals surface area contributed by atoms with Crippen LogP contribution in [0.2, 0.25) is 5.02 Å². The lowest BCUT2D eigenvalue weighted by Gasteiger charge is -2.26. The van der Waals surface area contributed by atoms with E-state index in [2.05, 4.69) is 58.4 Å². The Kier molecular flexibility index (Phi) is 3.65. The minimum atomic E-state index is 0.516. The third kappa shape index (κ3) is 2.65. The van der Waals surface area contributed by atoms with Crippen molar-refractivity contribution in [1.29, 1.82) is 0 Å². The van der Waals surface area contributed by atoms with Gasteiger partial charge in [0.25, 0.3) is 0 Å². The Morgan fingerprint density at radius 2 is 1.95 bits per heavy atom. The first-order chi connectivity index (χ1) is 10.8. The average Bonchev–Trinajstić information content (AvgIpc) is 2.91. The van der Waals surface area contributed by atoms with Gasteiger partial charge in [-0.1, -0.05) is 48.0 Å². The van der Waals surface area contributed by atoms with Crippen LogP contribution in [-0.2, 0) is 19.5 Å². The number of nitrogens with one attached hydrogen (secondary N) is 1. The fourth-order valence-corrected chi connectivity index (χ4v) is 3.53. The Morgan fingerprint density at radius 1 is 1.09 bits per heavy atom. The summed E-state index contributed by atoms with van der Waals surface area (Å²) >= 11 is 6.17. The Hall–Kier alpha value is -1.77. The van der Waals surface area contributed by atoms with E-state index < -0.39 is 0 Å². The van der Waals surface area contributed by atoms with Gasteiger partial charge in [0.2, 0.25) is 0 Å². The zero-order chi connectivity index (χ0) is 14.9. The highest BCUT2D eigenvalue weighted by Gasteiger charge is 2.20. The summed E-state index contributed by atoms with van der Waals surface area (Å²) in [4.78, 5) is 0. The molecule has 0 radical (unpaired) electrons. The first-order valence-electron chi connectivity index (χ1n) is 7.84. The molecule has 0 saturated heterocycles. The van der Waals surface area contributed by atoms with Crippen LogP contribution >= 0.6 is 11.6 Å². The standard InChI is InChI=1S/C19H19ClN2/c20-16-7-6-15-10-18-9-8-17(13-22(18)19(15)11-16)21-12-14-4-2-1-3-5-14/h1-7,10-11,17,21H,8-9,12-13H2. The highest BCUT2D eigenvalue weighted by molar-refractivity contribution is 6.31. The molecule has 1 aromatic heterocycles. The van der Waals surface area contributed by atoms with E-state index in [-0.39, 0.29) is 0 Å². The highest BCUT2D eigenvalue weighted by atomic mass is 35.5. The third-order valence-electron chi connectivity index (χ3n) is 4.54. The van der Waals surface area contributed by atoms with Gasteiger partial charge < -0.3 is 9.88 Å². The van der Waals surface area contributed by atoms with E-state index in [4.69, 9.17) is 11.6 Å². The average molecular weight is 311 g/mol. The molecule has 22 heavy (non-hydrogen) atoms. The summed E-state index contributed by atoms with van der Waals surface area (Å²) in [6.07, 6.45) is 2.32. The van der Waals surface area contributed by atoms with Crippen LogP contribution < -0.4 is 5.32 Å². The first kappa shape index (κ1) is 13.9. The van der Waals surface area contributed by atoms with Crippen LogP contribution in [0.4, 0.5) is 0 Å². The number of fused-ring (bicyclic) bond motifs is 3. The van der Waals surface area contributed by atoms with Crippen molar-refractivity contribution >= 4 is 22.5 Å². The van der Waals surface area contributed by atoms with E-state index in [0.29, 0.717) is 6.04 Å². The molecule has 3 aromatic rings. The Balaban J connectivity index is 1.53. The van der Waals surface area contributed by atoms with Gasteiger partial charge in [-0.2, -0.15) is 0 Å². The topological polar surface area (TPSA) is 17.0 Å². The fraction of sp³-hybridized carbons (Fsp3) is 0.263. The molecule has 1 aliphatic heterocycles. The van der Waals surface area contributed by atoms with E-state index in [0.717, 1.165) is 24.5 Å². The van der Waals surface area contributed by atoms with Crippen LogP contribution in [0.1, 0.15) is 17.7 Å². The molecule has 112 valence electrons. The molecule has 0 bridgehead atoms. The normalized spacial score (nSPS) is 17.6. The Labute approximate surface area is 135 Å². The molecular weight excluding hydrogens is 292 g/mol. The van der Waals surface area contributed by atoms with Crippen molar-refractivity contribution in [1.82, 2.24) is 9.88 Å². The molecule has 4 rings (SSSR count). The number of aromatic nitrogens is 1. The molecule has 2 heterocycles. The fourth-order valence-electron chi connectivity index (χ4n) is 3.37. The predicted octanol–water partition coefficient (Wildman–Crippen LogP) is 4.40. The van der Waals surface area contributed by atoms with Gasteiger partial charge in [-0.25, -0.2) is 0 Å². The summed E-state index contributed by atoms with van der Waals surface area (Å²) < 4.78 is 2.42. The van der Waals surface area contributed by atoms with Crippen molar-refractivity contribution in [2.75, 3.05) is 0 Å². The van der Waals surface area contributed by atoms with Crippen molar-refractivity contribution in [2.45, 2.75) is 32.0 Å². The van der Waals surface area contributed by atoms with E-state index in [9.17, 15) is 0 Å². The molecule has 3 heteroatoms. The Morgan fingerprint density at radius 3 is 2.82 bits per heavy atom. The minimum Gasteiger partial charge on any atom is -0.343 e. The molecule has 1 aliphatic rings. The van der Waals surface area contributed by atoms with Crippen LogP contribution in [0, 0.1) is 0 Å². The van der Waals surface area contributed by atoms with Gasteiger partial charge in [0.05, 0.1) is 0 Å². The smallest absolute Gasteiger partial charge is 0.0497 e. The van der Waals surface area contributed by atoms with Gasteiger partial charge in [0, 0.05) is 35.4 Å². The maximum absolute atomic E-state index is 6.17. The van der Waals surface area contributed by atoms with Gasteiger partial charge in [0.15, 0.2) is 0 Å². The third-order valence-corrected chi connectivity index (χ3v) is 4.78. The van der Waals surface area contributed by atoms with Gasteiger partial charge in [0.1, 0.15) is 0 Å². The number of nitrogens with zero attached hydrogens (tertiary/aromatic N) is 1. The number of hydrogen-bond donors (Lipinski definition) is 1. The highest BCUT2D eigenvalue weighted by Crippen LogP contribution is 2.27. The van der Waals surface area contributed by atoms with Gasteiger partial charge in [-0.05, 0) is 42.0 Å². The lowest BCUT2D eigenvalue weighted by atomic mass is 10.0. The van der Waals surface area contributed by atoms with Crippen LogP contribution in [0.15, 0.2) is 54.6 Å². The van der Waals surface area contributed by atoms with Crippen molar-refractivity contribution in [2.24, 2.45) is 0 Å². The van der Waals surface area contributed by atoms with Crippen LogP contribution in [0.3, 0.4) is 0 Å². The van der Waals surface area contributed by atoms with Crippen LogP contribution in [-0.4, -0.2) is 10.6 Å². The summed E-state index contributed by atoms with van der Waals surface area (Å²) in [7, 11) is 0. The number of rotatable bonds is 3. The maximum atomic E-state index is 6.17. The van der Waals surface area contributed by atoms with Gasteiger partial charge in [-0.3, -0.25) is 0 Å². The zero-order valence-corrected chi connectivity index (χ0v) is 13.2. The number of aryl methyl sites for hydroxylation is 1. The van der Waals surface area contributed by atoms with E-state index in [1.165, 1.54) is 28.6 Å². The largest absolute Gasteiger partial charge is 0.343 e. The van der Waals surface area contributed by atoms with E-state index in [1.54, 1.807) is 0 Å². The van der Waals surface area contributed by atoms with Crippen molar-refractivity contribution in [3.05, 3.63) is 70.9 Å². The van der Waals surface area contributed by atoms with Gasteiger partial charge in [-0.15, -0.1) is 0 Å². The second-order valence-electron chi connectivity index (χ2n) is 6.05. The molecule has 0 spiro atoms. The summed E-state index contributed by atoms with van der Waals surface area (Å²) in [5.41, 5.74) is 4.03. The molecule has 0 fully saturated rings. The second kappa shape index (κ2) is 5.79. The molecule has 2 aromatic carbocycles.